The molecule has 2 N–H and O–H groups in total. The number of nitrogens with one attached hydrogen (secondary N) is 2. The van der Waals surface area contributed by atoms with Gasteiger partial charge in [-0.1, -0.05) is 30.3 Å². The molecule has 0 saturated carbocycles. The van der Waals surface area contributed by atoms with Crippen molar-refractivity contribution >= 4 is 23.4 Å². The van der Waals surface area contributed by atoms with E-state index in [0.29, 0.717) is 38.2 Å². The zero-order valence-electron chi connectivity index (χ0n) is 11.5. The molecule has 20 heavy (non-hydrogen) atoms. The highest BCUT2D eigenvalue weighted by Crippen LogP contribution is 2.01. The van der Waals surface area contributed by atoms with Crippen molar-refractivity contribution in [3.8, 4) is 0 Å². The molecular weight excluding hydrogens is 276 g/mol. The van der Waals surface area contributed by atoms with Gasteiger partial charge in [0.1, 0.15) is 0 Å². The van der Waals surface area contributed by atoms with Gasteiger partial charge >= 0.3 is 0 Å². The van der Waals surface area contributed by atoms with Crippen LogP contribution in [0.2, 0.25) is 0 Å². The lowest BCUT2D eigenvalue weighted by molar-refractivity contribution is -0.122. The summed E-state index contributed by atoms with van der Waals surface area (Å²) in [4.78, 5) is 22.9. The Morgan fingerprint density at radius 3 is 2.15 bits per heavy atom. The van der Waals surface area contributed by atoms with Crippen molar-refractivity contribution in [3.05, 3.63) is 35.9 Å². The highest BCUT2D eigenvalue weighted by Gasteiger charge is 2.03. The van der Waals surface area contributed by atoms with Gasteiger partial charge in [0.15, 0.2) is 0 Å². The summed E-state index contributed by atoms with van der Waals surface area (Å²) in [6, 6.07) is 9.89. The maximum Gasteiger partial charge on any atom is 0.220 e. The van der Waals surface area contributed by atoms with E-state index in [4.69, 9.17) is 11.6 Å². The monoisotopic (exact) mass is 296 g/mol. The van der Waals surface area contributed by atoms with E-state index in [1.807, 2.05) is 30.3 Å². The molecule has 4 nitrogen and oxygen atoms in total. The van der Waals surface area contributed by atoms with E-state index in [9.17, 15) is 9.59 Å². The van der Waals surface area contributed by atoms with Crippen LogP contribution in [-0.2, 0) is 16.0 Å². The minimum Gasteiger partial charge on any atom is -0.354 e. The summed E-state index contributed by atoms with van der Waals surface area (Å²) in [6.07, 6.45) is 2.31. The second-order valence-electron chi connectivity index (χ2n) is 4.48. The molecule has 0 aliphatic heterocycles. The van der Waals surface area contributed by atoms with Crippen LogP contribution in [0.15, 0.2) is 30.3 Å². The van der Waals surface area contributed by atoms with Gasteiger partial charge in [-0.25, -0.2) is 0 Å². The van der Waals surface area contributed by atoms with Gasteiger partial charge in [-0.05, 0) is 18.4 Å². The highest BCUT2D eigenvalue weighted by molar-refractivity contribution is 6.17. The molecule has 0 fully saturated rings. The van der Waals surface area contributed by atoms with Crippen molar-refractivity contribution in [2.75, 3.05) is 19.0 Å². The van der Waals surface area contributed by atoms with Gasteiger partial charge in [0.25, 0.3) is 0 Å². The third-order valence-electron chi connectivity index (χ3n) is 2.79. The van der Waals surface area contributed by atoms with Crippen LogP contribution in [0.4, 0.5) is 0 Å². The maximum atomic E-state index is 11.6. The van der Waals surface area contributed by atoms with Gasteiger partial charge in [-0.3, -0.25) is 9.59 Å². The zero-order valence-corrected chi connectivity index (χ0v) is 12.3. The quantitative estimate of drug-likeness (QED) is 0.540. The molecule has 0 bridgehead atoms. The lowest BCUT2D eigenvalue weighted by atomic mass is 10.1. The average Bonchev–Trinajstić information content (AvgIpc) is 2.48. The summed E-state index contributed by atoms with van der Waals surface area (Å²) in [5, 5.41) is 5.52. The number of carbonyl (C=O) groups is 2. The van der Waals surface area contributed by atoms with Crippen molar-refractivity contribution in [2.24, 2.45) is 0 Å². The molecule has 1 aromatic rings. The minimum absolute atomic E-state index is 0.00357. The highest BCUT2D eigenvalue weighted by atomic mass is 35.5. The van der Waals surface area contributed by atoms with Gasteiger partial charge in [0.05, 0.1) is 0 Å². The van der Waals surface area contributed by atoms with Crippen LogP contribution in [0.5, 0.6) is 0 Å². The second kappa shape index (κ2) is 10.3. The van der Waals surface area contributed by atoms with E-state index in [-0.39, 0.29) is 11.8 Å². The molecule has 0 saturated heterocycles. The number of rotatable bonds is 9. The molecule has 110 valence electrons. The molecule has 0 aliphatic carbocycles. The molecule has 0 spiro atoms. The van der Waals surface area contributed by atoms with Crippen molar-refractivity contribution in [2.45, 2.75) is 25.7 Å². The predicted molar refractivity (Wildman–Crippen MR) is 80.7 cm³/mol. The summed E-state index contributed by atoms with van der Waals surface area (Å²) >= 11 is 5.50. The van der Waals surface area contributed by atoms with Crippen LogP contribution >= 0.6 is 11.6 Å². The first-order valence-corrected chi connectivity index (χ1v) is 7.39. The lowest BCUT2D eigenvalue weighted by Crippen LogP contribution is -2.34. The fourth-order valence-corrected chi connectivity index (χ4v) is 1.84. The number of carbonyl (C=O) groups excluding carboxylic acids is 2. The molecule has 1 rings (SSSR count). The Morgan fingerprint density at radius 2 is 1.55 bits per heavy atom. The molecular formula is C15H21ClN2O2. The lowest BCUT2D eigenvalue weighted by Gasteiger charge is -2.07. The number of amides is 2. The fourth-order valence-electron chi connectivity index (χ4n) is 1.71. The van der Waals surface area contributed by atoms with Crippen molar-refractivity contribution in [1.82, 2.24) is 10.6 Å². The molecule has 2 amide bonds. The first kappa shape index (κ1) is 16.5. The normalized spacial score (nSPS) is 10.1. The Balaban J connectivity index is 2.04. The number of aryl methyl sites for hydroxylation is 1. The maximum absolute atomic E-state index is 11.6. The van der Waals surface area contributed by atoms with E-state index in [1.165, 1.54) is 0 Å². The van der Waals surface area contributed by atoms with E-state index >= 15 is 0 Å². The third-order valence-corrected chi connectivity index (χ3v) is 3.06. The number of halogens is 1. The number of hydrogen-bond donors (Lipinski definition) is 2. The second-order valence-corrected chi connectivity index (χ2v) is 4.86. The Morgan fingerprint density at radius 1 is 0.950 bits per heavy atom. The largest absolute Gasteiger partial charge is 0.354 e. The summed E-state index contributed by atoms with van der Waals surface area (Å²) in [5.41, 5.74) is 1.15. The van der Waals surface area contributed by atoms with E-state index in [0.717, 1.165) is 12.0 Å². The molecule has 5 heteroatoms. The average molecular weight is 297 g/mol. The van der Waals surface area contributed by atoms with Crippen LogP contribution in [0.25, 0.3) is 0 Å². The van der Waals surface area contributed by atoms with Crippen LogP contribution in [0, 0.1) is 0 Å². The van der Waals surface area contributed by atoms with Gasteiger partial charge < -0.3 is 10.6 Å². The van der Waals surface area contributed by atoms with Gasteiger partial charge in [-0.15, -0.1) is 11.6 Å². The Bertz CT molecular complexity index is 410. The van der Waals surface area contributed by atoms with Crippen molar-refractivity contribution in [3.63, 3.8) is 0 Å². The first-order valence-electron chi connectivity index (χ1n) is 6.85. The van der Waals surface area contributed by atoms with E-state index < -0.39 is 0 Å². The molecule has 0 heterocycles. The number of benzene rings is 1. The molecule has 0 unspecified atom stereocenters. The molecule has 0 radical (unpaired) electrons. The molecule has 0 atom stereocenters. The SMILES string of the molecule is O=C(CCCCl)NCCNC(=O)CCc1ccccc1. The summed E-state index contributed by atoms with van der Waals surface area (Å²) in [7, 11) is 0. The third kappa shape index (κ3) is 7.79. The Hall–Kier alpha value is -1.55. The summed E-state index contributed by atoms with van der Waals surface area (Å²) < 4.78 is 0. The minimum atomic E-state index is -0.0239. The van der Waals surface area contributed by atoms with Crippen LogP contribution in [0.3, 0.4) is 0 Å². The summed E-state index contributed by atoms with van der Waals surface area (Å²) in [5.74, 6) is 0.469. The molecule has 1 aromatic carbocycles. The smallest absolute Gasteiger partial charge is 0.220 e. The van der Waals surface area contributed by atoms with Crippen molar-refractivity contribution in [1.29, 1.82) is 0 Å². The first-order chi connectivity index (χ1) is 9.72. The van der Waals surface area contributed by atoms with Gasteiger partial charge in [-0.2, -0.15) is 0 Å². The molecule has 0 aromatic heterocycles. The van der Waals surface area contributed by atoms with E-state index in [1.54, 1.807) is 0 Å². The Kier molecular flexibility index (Phi) is 8.47. The fraction of sp³-hybridized carbons (Fsp3) is 0.467. The molecule has 0 aliphatic rings. The predicted octanol–water partition coefficient (Wildman–Crippen LogP) is 1.87. The Labute approximate surface area is 124 Å². The summed E-state index contributed by atoms with van der Waals surface area (Å²) in [6.45, 7) is 0.915. The zero-order chi connectivity index (χ0) is 14.6. The van der Waals surface area contributed by atoms with Crippen LogP contribution < -0.4 is 10.6 Å². The van der Waals surface area contributed by atoms with Crippen LogP contribution in [0.1, 0.15) is 24.8 Å². The van der Waals surface area contributed by atoms with Crippen molar-refractivity contribution < 1.29 is 9.59 Å². The van der Waals surface area contributed by atoms with Gasteiger partial charge in [0, 0.05) is 31.8 Å². The van der Waals surface area contributed by atoms with E-state index in [2.05, 4.69) is 10.6 Å². The standard InChI is InChI=1S/C15H21ClN2O2/c16-10-4-7-14(19)17-11-12-18-15(20)9-8-13-5-2-1-3-6-13/h1-3,5-6H,4,7-12H2,(H,17,19)(H,18,20). The van der Waals surface area contributed by atoms with Gasteiger partial charge in [0.2, 0.25) is 11.8 Å². The van der Waals surface area contributed by atoms with Crippen LogP contribution in [-0.4, -0.2) is 30.8 Å². The number of hydrogen-bond acceptors (Lipinski definition) is 2. The number of alkyl halides is 1. The topological polar surface area (TPSA) is 58.2 Å².